The Bertz CT molecular complexity index is 382. The van der Waals surface area contributed by atoms with Gasteiger partial charge in [0.2, 0.25) is 0 Å². The maximum absolute atomic E-state index is 12.4. The molecule has 2 heterocycles. The van der Waals surface area contributed by atoms with Crippen LogP contribution in [0.15, 0.2) is 0 Å². The number of carboxylic acid groups (broad SMARTS) is 1. The number of likely N-dealkylation sites (tertiary alicyclic amines) is 1. The van der Waals surface area contributed by atoms with E-state index in [0.717, 1.165) is 32.6 Å². The van der Waals surface area contributed by atoms with Crippen molar-refractivity contribution in [2.75, 3.05) is 39.8 Å². The zero-order chi connectivity index (χ0) is 14.8. The fourth-order valence-corrected chi connectivity index (χ4v) is 3.03. The van der Waals surface area contributed by atoms with Gasteiger partial charge in [0.25, 0.3) is 0 Å². The molecule has 0 bridgehead atoms. The van der Waals surface area contributed by atoms with Crippen LogP contribution in [-0.2, 0) is 4.79 Å². The molecule has 20 heavy (non-hydrogen) atoms. The molecule has 2 saturated heterocycles. The van der Waals surface area contributed by atoms with Crippen LogP contribution in [0.2, 0.25) is 0 Å². The van der Waals surface area contributed by atoms with E-state index in [1.807, 2.05) is 19.0 Å². The Balaban J connectivity index is 1.99. The van der Waals surface area contributed by atoms with Crippen LogP contribution in [0.4, 0.5) is 4.79 Å². The third kappa shape index (κ3) is 2.73. The van der Waals surface area contributed by atoms with E-state index in [1.54, 1.807) is 0 Å². The van der Waals surface area contributed by atoms with Gasteiger partial charge in [-0.3, -0.25) is 5.43 Å². The number of nitrogens with one attached hydrogen (secondary N) is 1. The van der Waals surface area contributed by atoms with Crippen molar-refractivity contribution in [1.82, 2.24) is 20.2 Å². The third-order valence-corrected chi connectivity index (χ3v) is 4.47. The summed E-state index contributed by atoms with van der Waals surface area (Å²) in [6.45, 7) is 5.68. The van der Waals surface area contributed by atoms with Crippen LogP contribution < -0.4 is 5.43 Å². The lowest BCUT2D eigenvalue weighted by Crippen LogP contribution is -2.60. The van der Waals surface area contributed by atoms with E-state index < -0.39 is 11.5 Å². The van der Waals surface area contributed by atoms with Crippen molar-refractivity contribution in [1.29, 1.82) is 0 Å². The van der Waals surface area contributed by atoms with Gasteiger partial charge in [0.15, 0.2) is 0 Å². The normalized spacial score (nSPS) is 28.6. The second-order valence-corrected chi connectivity index (χ2v) is 5.65. The number of carboxylic acids is 1. The summed E-state index contributed by atoms with van der Waals surface area (Å²) in [4.78, 5) is 27.6. The lowest BCUT2D eigenvalue weighted by molar-refractivity contribution is -0.148. The van der Waals surface area contributed by atoms with Crippen molar-refractivity contribution in [2.24, 2.45) is 0 Å². The number of carbonyl (C=O) groups excluding carboxylic acids is 1. The molecule has 114 valence electrons. The fourth-order valence-electron chi connectivity index (χ4n) is 3.03. The van der Waals surface area contributed by atoms with Crippen LogP contribution in [0, 0.1) is 0 Å². The molecule has 1 unspecified atom stereocenters. The second kappa shape index (κ2) is 5.97. The summed E-state index contributed by atoms with van der Waals surface area (Å²) in [5.74, 6) is -0.897. The fraction of sp³-hybridized carbons (Fsp3) is 0.846. The number of urea groups is 1. The molecule has 0 aliphatic carbocycles. The number of piperazine rings is 1. The number of likely N-dealkylation sites (N-methyl/N-ethyl adjacent to an activating group) is 1. The molecule has 0 radical (unpaired) electrons. The summed E-state index contributed by atoms with van der Waals surface area (Å²) in [5.41, 5.74) is 1.82. The molecule has 2 fully saturated rings. The SMILES string of the molecule is CCC1(C(=O)O)CCCN1C(=O)NN1CCN(C)CC1. The van der Waals surface area contributed by atoms with Crippen molar-refractivity contribution >= 4 is 12.0 Å². The van der Waals surface area contributed by atoms with Crippen LogP contribution in [0.5, 0.6) is 0 Å². The number of nitrogens with zero attached hydrogens (tertiary/aromatic N) is 3. The van der Waals surface area contributed by atoms with Gasteiger partial charge in [0.1, 0.15) is 5.54 Å². The van der Waals surface area contributed by atoms with Gasteiger partial charge in [-0.15, -0.1) is 0 Å². The largest absolute Gasteiger partial charge is 0.479 e. The van der Waals surface area contributed by atoms with Crippen molar-refractivity contribution < 1.29 is 14.7 Å². The second-order valence-electron chi connectivity index (χ2n) is 5.65. The molecule has 2 aliphatic rings. The van der Waals surface area contributed by atoms with Gasteiger partial charge in [-0.2, -0.15) is 0 Å². The highest BCUT2D eigenvalue weighted by atomic mass is 16.4. The topological polar surface area (TPSA) is 76.1 Å². The van der Waals surface area contributed by atoms with Gasteiger partial charge in [-0.1, -0.05) is 6.92 Å². The first-order valence-corrected chi connectivity index (χ1v) is 7.25. The monoisotopic (exact) mass is 284 g/mol. The summed E-state index contributed by atoms with van der Waals surface area (Å²) in [6, 6.07) is -0.281. The van der Waals surface area contributed by atoms with Gasteiger partial charge in [0, 0.05) is 32.7 Å². The quantitative estimate of drug-likeness (QED) is 0.773. The summed E-state index contributed by atoms with van der Waals surface area (Å²) in [7, 11) is 2.05. The first-order valence-electron chi connectivity index (χ1n) is 7.25. The maximum Gasteiger partial charge on any atom is 0.332 e. The van der Waals surface area contributed by atoms with Crippen molar-refractivity contribution in [3.05, 3.63) is 0 Å². The number of rotatable bonds is 3. The lowest BCUT2D eigenvalue weighted by Gasteiger charge is -2.37. The third-order valence-electron chi connectivity index (χ3n) is 4.47. The molecule has 0 aromatic heterocycles. The minimum Gasteiger partial charge on any atom is -0.479 e. The molecule has 2 amide bonds. The number of amides is 2. The van der Waals surface area contributed by atoms with Gasteiger partial charge in [0.05, 0.1) is 0 Å². The zero-order valence-electron chi connectivity index (χ0n) is 12.3. The molecular formula is C13H24N4O3. The van der Waals surface area contributed by atoms with Crippen molar-refractivity contribution in [2.45, 2.75) is 31.7 Å². The van der Waals surface area contributed by atoms with Gasteiger partial charge < -0.3 is 14.9 Å². The molecule has 2 rings (SSSR count). The standard InChI is InChI=1S/C13H24N4O3/c1-3-13(11(18)19)5-4-6-17(13)12(20)14-16-9-7-15(2)8-10-16/h3-10H2,1-2H3,(H,14,20)(H,18,19). The number of hydrogen-bond acceptors (Lipinski definition) is 4. The molecule has 0 aromatic rings. The molecule has 0 aromatic carbocycles. The Morgan fingerprint density at radius 3 is 2.40 bits per heavy atom. The van der Waals surface area contributed by atoms with Crippen LogP contribution in [0.3, 0.4) is 0 Å². The van der Waals surface area contributed by atoms with E-state index in [1.165, 1.54) is 4.90 Å². The molecule has 0 spiro atoms. The van der Waals surface area contributed by atoms with Crippen LogP contribution in [0.1, 0.15) is 26.2 Å². The summed E-state index contributed by atoms with van der Waals surface area (Å²) in [5, 5.41) is 11.4. The van der Waals surface area contributed by atoms with E-state index in [9.17, 15) is 14.7 Å². The predicted molar refractivity (Wildman–Crippen MR) is 74.2 cm³/mol. The Morgan fingerprint density at radius 2 is 1.85 bits per heavy atom. The van der Waals surface area contributed by atoms with Crippen molar-refractivity contribution in [3.63, 3.8) is 0 Å². The Morgan fingerprint density at radius 1 is 1.20 bits per heavy atom. The molecule has 0 saturated carbocycles. The van der Waals surface area contributed by atoms with E-state index in [2.05, 4.69) is 10.3 Å². The average molecular weight is 284 g/mol. The highest BCUT2D eigenvalue weighted by Gasteiger charge is 2.48. The van der Waals surface area contributed by atoms with E-state index in [-0.39, 0.29) is 6.03 Å². The van der Waals surface area contributed by atoms with Gasteiger partial charge in [-0.05, 0) is 26.3 Å². The van der Waals surface area contributed by atoms with Crippen LogP contribution in [-0.4, -0.2) is 77.2 Å². The summed E-state index contributed by atoms with van der Waals surface area (Å²) in [6.07, 6.45) is 1.73. The molecule has 7 heteroatoms. The number of hydrazine groups is 1. The van der Waals surface area contributed by atoms with E-state index in [4.69, 9.17) is 0 Å². The van der Waals surface area contributed by atoms with Crippen molar-refractivity contribution in [3.8, 4) is 0 Å². The highest BCUT2D eigenvalue weighted by Crippen LogP contribution is 2.32. The lowest BCUT2D eigenvalue weighted by atomic mass is 9.93. The van der Waals surface area contributed by atoms with Gasteiger partial charge >= 0.3 is 12.0 Å². The predicted octanol–water partition coefficient (Wildman–Crippen LogP) is 0.188. The maximum atomic E-state index is 12.4. The van der Waals surface area contributed by atoms with E-state index >= 15 is 0 Å². The van der Waals surface area contributed by atoms with Crippen LogP contribution >= 0.6 is 0 Å². The number of aliphatic carboxylic acids is 1. The first-order chi connectivity index (χ1) is 9.49. The molecule has 7 nitrogen and oxygen atoms in total. The smallest absolute Gasteiger partial charge is 0.332 e. The molecule has 1 atom stereocenters. The minimum absolute atomic E-state index is 0.281. The van der Waals surface area contributed by atoms with Gasteiger partial charge in [-0.25, -0.2) is 14.6 Å². The summed E-state index contributed by atoms with van der Waals surface area (Å²) < 4.78 is 0. The Labute approximate surface area is 119 Å². The van der Waals surface area contributed by atoms with Crippen LogP contribution in [0.25, 0.3) is 0 Å². The first kappa shape index (κ1) is 15.1. The zero-order valence-corrected chi connectivity index (χ0v) is 12.3. The van der Waals surface area contributed by atoms with E-state index in [0.29, 0.717) is 19.4 Å². The number of hydrogen-bond donors (Lipinski definition) is 2. The average Bonchev–Trinajstić information content (AvgIpc) is 2.86. The summed E-state index contributed by atoms with van der Waals surface area (Å²) >= 11 is 0. The Kier molecular flexibility index (Phi) is 4.49. The number of carbonyl (C=O) groups is 2. The minimum atomic E-state index is -1.03. The molecular weight excluding hydrogens is 260 g/mol. The highest BCUT2D eigenvalue weighted by molar-refractivity contribution is 5.86. The molecule has 2 aliphatic heterocycles. The molecule has 2 N–H and O–H groups in total. The Hall–Kier alpha value is -1.34.